The third-order valence-corrected chi connectivity index (χ3v) is 6.01. The summed E-state index contributed by atoms with van der Waals surface area (Å²) >= 11 is 1.59. The van der Waals surface area contributed by atoms with E-state index in [0.29, 0.717) is 23.8 Å². The second-order valence-electron chi connectivity index (χ2n) is 7.31. The number of amides is 2. The fourth-order valence-corrected chi connectivity index (χ4v) is 4.48. The molecule has 1 aliphatic heterocycles. The molecule has 6 heteroatoms. The van der Waals surface area contributed by atoms with E-state index in [1.54, 1.807) is 29.2 Å². The van der Waals surface area contributed by atoms with E-state index in [9.17, 15) is 9.59 Å². The Balaban J connectivity index is 1.83. The number of nitrogens with zero attached hydrogens (tertiary/aromatic N) is 1. The van der Waals surface area contributed by atoms with Crippen molar-refractivity contribution in [2.75, 3.05) is 12.3 Å². The maximum atomic E-state index is 13.3. The molecule has 0 bridgehead atoms. The number of hydrogen-bond acceptors (Lipinski definition) is 4. The number of thioether (sulfide) groups is 1. The van der Waals surface area contributed by atoms with Gasteiger partial charge in [-0.15, -0.1) is 11.8 Å². The second-order valence-corrected chi connectivity index (χ2v) is 8.42. The van der Waals surface area contributed by atoms with E-state index in [-0.39, 0.29) is 17.2 Å². The van der Waals surface area contributed by atoms with Gasteiger partial charge < -0.3 is 14.6 Å². The van der Waals surface area contributed by atoms with Crippen LogP contribution in [0.15, 0.2) is 47.3 Å². The Hall–Kier alpha value is -2.21. The standard InChI is InChI=1S/C21H26N2O3S/c1-14(2)8-10-22-19(24)18-13-27-21(17-9-11-26-12-17)23(18)20(25)16-6-4-15(3)5-7-16/h4-7,9,11-12,14,18,21H,8,10,13H2,1-3H3,(H,22,24). The van der Waals surface area contributed by atoms with Gasteiger partial charge >= 0.3 is 0 Å². The molecule has 3 rings (SSSR count). The van der Waals surface area contributed by atoms with Gasteiger partial charge in [-0.1, -0.05) is 31.5 Å². The highest BCUT2D eigenvalue weighted by Crippen LogP contribution is 2.42. The number of benzene rings is 1. The Morgan fingerprint density at radius 2 is 2.00 bits per heavy atom. The molecule has 0 radical (unpaired) electrons. The Bertz CT molecular complexity index is 771. The molecule has 1 fully saturated rings. The molecule has 27 heavy (non-hydrogen) atoms. The van der Waals surface area contributed by atoms with Crippen LogP contribution < -0.4 is 5.32 Å². The summed E-state index contributed by atoms with van der Waals surface area (Å²) in [6.07, 6.45) is 4.16. The van der Waals surface area contributed by atoms with Crippen molar-refractivity contribution in [2.24, 2.45) is 5.92 Å². The van der Waals surface area contributed by atoms with Gasteiger partial charge in [0.15, 0.2) is 0 Å². The van der Waals surface area contributed by atoms with Gasteiger partial charge in [0.25, 0.3) is 5.91 Å². The minimum Gasteiger partial charge on any atom is -0.472 e. The summed E-state index contributed by atoms with van der Waals surface area (Å²) in [7, 11) is 0. The average molecular weight is 387 g/mol. The Labute approximate surface area is 164 Å². The van der Waals surface area contributed by atoms with Crippen molar-refractivity contribution in [2.45, 2.75) is 38.6 Å². The third kappa shape index (κ3) is 4.56. The van der Waals surface area contributed by atoms with Crippen molar-refractivity contribution in [3.05, 3.63) is 59.5 Å². The number of carbonyl (C=O) groups excluding carboxylic acids is 2. The topological polar surface area (TPSA) is 62.6 Å². The summed E-state index contributed by atoms with van der Waals surface area (Å²) in [5, 5.41) is 2.77. The normalized spacial score (nSPS) is 19.5. The monoisotopic (exact) mass is 386 g/mol. The van der Waals surface area contributed by atoms with Crippen LogP contribution in [0.1, 0.15) is 47.1 Å². The highest BCUT2D eigenvalue weighted by atomic mass is 32.2. The average Bonchev–Trinajstić information content (AvgIpc) is 3.30. The molecule has 2 heterocycles. The summed E-state index contributed by atoms with van der Waals surface area (Å²) < 4.78 is 5.21. The van der Waals surface area contributed by atoms with Crippen molar-refractivity contribution in [1.29, 1.82) is 0 Å². The minimum absolute atomic E-state index is 0.0883. The van der Waals surface area contributed by atoms with E-state index in [1.807, 2.05) is 37.3 Å². The van der Waals surface area contributed by atoms with Crippen molar-refractivity contribution < 1.29 is 14.0 Å². The van der Waals surface area contributed by atoms with Crippen LogP contribution in [0, 0.1) is 12.8 Å². The van der Waals surface area contributed by atoms with Crippen LogP contribution in [-0.2, 0) is 4.79 Å². The highest BCUT2D eigenvalue weighted by molar-refractivity contribution is 7.99. The first-order valence-corrected chi connectivity index (χ1v) is 10.3. The van der Waals surface area contributed by atoms with Crippen LogP contribution in [0.5, 0.6) is 0 Å². The summed E-state index contributed by atoms with van der Waals surface area (Å²) in [5.74, 6) is 0.873. The fraction of sp³-hybridized carbons (Fsp3) is 0.429. The molecule has 0 saturated carbocycles. The molecule has 1 aromatic carbocycles. The second kappa shape index (κ2) is 8.65. The predicted octanol–water partition coefficient (Wildman–Crippen LogP) is 4.01. The highest BCUT2D eigenvalue weighted by Gasteiger charge is 2.42. The smallest absolute Gasteiger partial charge is 0.255 e. The maximum Gasteiger partial charge on any atom is 0.255 e. The van der Waals surface area contributed by atoms with Gasteiger partial charge in [0, 0.05) is 23.4 Å². The molecule has 1 aromatic heterocycles. The first-order chi connectivity index (χ1) is 13.0. The third-order valence-electron chi connectivity index (χ3n) is 4.69. The number of rotatable bonds is 6. The van der Waals surface area contributed by atoms with Gasteiger partial charge in [-0.3, -0.25) is 9.59 Å². The zero-order valence-electron chi connectivity index (χ0n) is 16.0. The Kier molecular flexibility index (Phi) is 6.26. The van der Waals surface area contributed by atoms with Crippen LogP contribution in [0.2, 0.25) is 0 Å². The van der Waals surface area contributed by atoms with Crippen LogP contribution >= 0.6 is 11.8 Å². The lowest BCUT2D eigenvalue weighted by atomic mass is 10.1. The van der Waals surface area contributed by atoms with Crippen molar-refractivity contribution in [1.82, 2.24) is 10.2 Å². The van der Waals surface area contributed by atoms with Crippen LogP contribution in [0.25, 0.3) is 0 Å². The zero-order chi connectivity index (χ0) is 19.4. The molecule has 2 amide bonds. The van der Waals surface area contributed by atoms with Gasteiger partial charge in [0.2, 0.25) is 5.91 Å². The number of aryl methyl sites for hydroxylation is 1. The van der Waals surface area contributed by atoms with Gasteiger partial charge in [0.05, 0.1) is 12.5 Å². The fourth-order valence-electron chi connectivity index (χ4n) is 3.08. The molecule has 5 nitrogen and oxygen atoms in total. The lowest BCUT2D eigenvalue weighted by Crippen LogP contribution is -2.48. The van der Waals surface area contributed by atoms with Gasteiger partial charge in [0.1, 0.15) is 11.4 Å². The van der Waals surface area contributed by atoms with Crippen molar-refractivity contribution in [3.8, 4) is 0 Å². The first-order valence-electron chi connectivity index (χ1n) is 9.28. The number of carbonyl (C=O) groups is 2. The van der Waals surface area contributed by atoms with Gasteiger partial charge in [-0.2, -0.15) is 0 Å². The quantitative estimate of drug-likeness (QED) is 0.815. The number of furan rings is 1. The van der Waals surface area contributed by atoms with Crippen LogP contribution in [-0.4, -0.2) is 35.1 Å². The number of nitrogens with one attached hydrogen (secondary N) is 1. The van der Waals surface area contributed by atoms with E-state index in [1.165, 1.54) is 0 Å². The molecular weight excluding hydrogens is 360 g/mol. The van der Waals surface area contributed by atoms with Crippen molar-refractivity contribution in [3.63, 3.8) is 0 Å². The van der Waals surface area contributed by atoms with Crippen LogP contribution in [0.3, 0.4) is 0 Å². The van der Waals surface area contributed by atoms with Gasteiger partial charge in [-0.05, 0) is 37.5 Å². The first kappa shape index (κ1) is 19.5. The summed E-state index contributed by atoms with van der Waals surface area (Å²) in [5.41, 5.74) is 2.59. The molecule has 144 valence electrons. The molecule has 1 aliphatic rings. The summed E-state index contributed by atoms with van der Waals surface area (Å²) in [4.78, 5) is 27.8. The summed E-state index contributed by atoms with van der Waals surface area (Å²) in [6.45, 7) is 6.86. The molecule has 2 aromatic rings. The molecule has 0 aliphatic carbocycles. The van der Waals surface area contributed by atoms with E-state index < -0.39 is 6.04 Å². The van der Waals surface area contributed by atoms with E-state index >= 15 is 0 Å². The molecule has 2 unspecified atom stereocenters. The molecular formula is C21H26N2O3S. The summed E-state index contributed by atoms with van der Waals surface area (Å²) in [6, 6.07) is 8.84. The number of hydrogen-bond donors (Lipinski definition) is 1. The minimum atomic E-state index is -0.490. The van der Waals surface area contributed by atoms with E-state index in [2.05, 4.69) is 19.2 Å². The maximum absolute atomic E-state index is 13.3. The Morgan fingerprint density at radius 1 is 1.26 bits per heavy atom. The zero-order valence-corrected chi connectivity index (χ0v) is 16.8. The molecule has 1 saturated heterocycles. The predicted molar refractivity (Wildman–Crippen MR) is 108 cm³/mol. The molecule has 0 spiro atoms. The molecule has 1 N–H and O–H groups in total. The molecule has 2 atom stereocenters. The van der Waals surface area contributed by atoms with Crippen molar-refractivity contribution >= 4 is 23.6 Å². The Morgan fingerprint density at radius 3 is 2.63 bits per heavy atom. The lowest BCUT2D eigenvalue weighted by molar-refractivity contribution is -0.124. The van der Waals surface area contributed by atoms with Crippen LogP contribution in [0.4, 0.5) is 0 Å². The SMILES string of the molecule is Cc1ccc(C(=O)N2C(C(=O)NCCC(C)C)CSC2c2ccoc2)cc1. The van der Waals surface area contributed by atoms with E-state index in [0.717, 1.165) is 17.5 Å². The lowest BCUT2D eigenvalue weighted by Gasteiger charge is -2.28. The van der Waals surface area contributed by atoms with Gasteiger partial charge in [-0.25, -0.2) is 0 Å². The largest absolute Gasteiger partial charge is 0.472 e. The van der Waals surface area contributed by atoms with E-state index in [4.69, 9.17) is 4.42 Å².